The highest BCUT2D eigenvalue weighted by molar-refractivity contribution is 9.10. The summed E-state index contributed by atoms with van der Waals surface area (Å²) in [6.07, 6.45) is 1.97. The Balaban J connectivity index is 1.37. The van der Waals surface area contributed by atoms with Gasteiger partial charge in [-0.1, -0.05) is 28.1 Å². The average Bonchev–Trinajstić information content (AvgIpc) is 2.92. The lowest BCUT2D eigenvalue weighted by Gasteiger charge is -2.34. The molecule has 0 atom stereocenters. The quantitative estimate of drug-likeness (QED) is 0.284. The summed E-state index contributed by atoms with van der Waals surface area (Å²) >= 11 is 5.00. The number of nitrogens with zero attached hydrogens (tertiary/aromatic N) is 3. The standard InChI is InChI=1S/C28H27BrFN3O4S/c1-31(17-20-15-22(30)7-12-25(20)37-23-8-10-24(38-2)11-9-23)27(35)28(36)33-14-13-32(26(34)18-33)16-19-3-5-21(29)6-4-19/h3-12,15H,13-14,16-18H2,1-2H3. The fourth-order valence-electron chi connectivity index (χ4n) is 4.03. The summed E-state index contributed by atoms with van der Waals surface area (Å²) in [6.45, 7) is 0.799. The zero-order chi connectivity index (χ0) is 27.2. The Morgan fingerprint density at radius 1 is 1.05 bits per heavy atom. The summed E-state index contributed by atoms with van der Waals surface area (Å²) in [5.41, 5.74) is 1.39. The molecule has 0 aromatic heterocycles. The Kier molecular flexibility index (Phi) is 9.06. The van der Waals surface area contributed by atoms with E-state index >= 15 is 0 Å². The minimum atomic E-state index is -0.779. The van der Waals surface area contributed by atoms with E-state index in [2.05, 4.69) is 15.9 Å². The van der Waals surface area contributed by atoms with Gasteiger partial charge in [0.05, 0.1) is 0 Å². The van der Waals surface area contributed by atoms with Gasteiger partial charge in [-0.25, -0.2) is 4.39 Å². The molecule has 1 aliphatic rings. The Morgan fingerprint density at radius 3 is 2.42 bits per heavy atom. The minimum Gasteiger partial charge on any atom is -0.457 e. The number of carbonyl (C=O) groups excluding carboxylic acids is 3. The molecule has 0 aliphatic carbocycles. The van der Waals surface area contributed by atoms with Crippen molar-refractivity contribution in [2.75, 3.05) is 32.9 Å². The highest BCUT2D eigenvalue weighted by atomic mass is 79.9. The number of benzene rings is 3. The van der Waals surface area contributed by atoms with E-state index in [1.54, 1.807) is 16.7 Å². The van der Waals surface area contributed by atoms with Crippen molar-refractivity contribution < 1.29 is 23.5 Å². The second-order valence-corrected chi connectivity index (χ2v) is 10.7. The first-order chi connectivity index (χ1) is 18.2. The molecular weight excluding hydrogens is 573 g/mol. The van der Waals surface area contributed by atoms with Gasteiger partial charge in [0.1, 0.15) is 23.9 Å². The molecule has 4 rings (SSSR count). The Labute approximate surface area is 233 Å². The maximum absolute atomic E-state index is 14.1. The van der Waals surface area contributed by atoms with Crippen LogP contribution in [-0.4, -0.2) is 65.4 Å². The van der Waals surface area contributed by atoms with Crippen molar-refractivity contribution in [2.45, 2.75) is 18.0 Å². The molecule has 3 amide bonds. The molecule has 1 saturated heterocycles. The summed E-state index contributed by atoms with van der Waals surface area (Å²) in [5, 5.41) is 0. The van der Waals surface area contributed by atoms with Crippen LogP contribution in [0.15, 0.2) is 76.1 Å². The molecule has 1 aliphatic heterocycles. The van der Waals surface area contributed by atoms with E-state index in [0.717, 1.165) is 14.9 Å². The van der Waals surface area contributed by atoms with Crippen LogP contribution in [0.5, 0.6) is 11.5 Å². The fourth-order valence-corrected chi connectivity index (χ4v) is 4.70. The van der Waals surface area contributed by atoms with Crippen molar-refractivity contribution in [1.29, 1.82) is 0 Å². The van der Waals surface area contributed by atoms with Gasteiger partial charge in [0.15, 0.2) is 0 Å². The number of ether oxygens (including phenoxy) is 1. The Morgan fingerprint density at radius 2 is 1.76 bits per heavy atom. The monoisotopic (exact) mass is 599 g/mol. The number of likely N-dealkylation sites (N-methyl/N-ethyl adjacent to an activating group) is 1. The van der Waals surface area contributed by atoms with Gasteiger partial charge < -0.3 is 19.4 Å². The lowest BCUT2D eigenvalue weighted by molar-refractivity contribution is -0.155. The third kappa shape index (κ3) is 6.93. The van der Waals surface area contributed by atoms with Crippen molar-refractivity contribution in [2.24, 2.45) is 0 Å². The molecule has 0 bridgehead atoms. The van der Waals surface area contributed by atoms with E-state index < -0.39 is 17.6 Å². The van der Waals surface area contributed by atoms with Crippen LogP contribution in [0.3, 0.4) is 0 Å². The van der Waals surface area contributed by atoms with Gasteiger partial charge in [-0.2, -0.15) is 0 Å². The first-order valence-corrected chi connectivity index (χ1v) is 13.9. The molecule has 1 fully saturated rings. The molecule has 10 heteroatoms. The van der Waals surface area contributed by atoms with Crippen LogP contribution >= 0.6 is 27.7 Å². The van der Waals surface area contributed by atoms with Crippen LogP contribution in [0.2, 0.25) is 0 Å². The summed E-state index contributed by atoms with van der Waals surface area (Å²) in [6, 6.07) is 19.2. The molecule has 1 heterocycles. The topological polar surface area (TPSA) is 70.2 Å². The molecule has 198 valence electrons. The third-order valence-corrected chi connectivity index (χ3v) is 7.41. The summed E-state index contributed by atoms with van der Waals surface area (Å²) in [5.74, 6) is -1.30. The summed E-state index contributed by atoms with van der Waals surface area (Å²) < 4.78 is 21.0. The minimum absolute atomic E-state index is 0.0436. The van der Waals surface area contributed by atoms with Gasteiger partial charge in [-0.3, -0.25) is 14.4 Å². The van der Waals surface area contributed by atoms with Gasteiger partial charge in [0.25, 0.3) is 0 Å². The van der Waals surface area contributed by atoms with Crippen molar-refractivity contribution in [3.8, 4) is 11.5 Å². The highest BCUT2D eigenvalue weighted by Gasteiger charge is 2.32. The molecule has 0 radical (unpaired) electrons. The first-order valence-electron chi connectivity index (χ1n) is 11.9. The highest BCUT2D eigenvalue weighted by Crippen LogP contribution is 2.28. The number of carbonyl (C=O) groups is 3. The predicted molar refractivity (Wildman–Crippen MR) is 147 cm³/mol. The van der Waals surface area contributed by atoms with E-state index in [4.69, 9.17) is 4.74 Å². The number of hydrogen-bond acceptors (Lipinski definition) is 5. The van der Waals surface area contributed by atoms with Gasteiger partial charge in [-0.05, 0) is 66.4 Å². The number of hydrogen-bond donors (Lipinski definition) is 0. The van der Waals surface area contributed by atoms with Crippen molar-refractivity contribution in [3.05, 3.63) is 88.1 Å². The Hall–Kier alpha value is -3.37. The molecule has 3 aromatic carbocycles. The fraction of sp³-hybridized carbons (Fsp3) is 0.250. The zero-order valence-corrected chi connectivity index (χ0v) is 23.4. The van der Waals surface area contributed by atoms with Crippen LogP contribution in [0, 0.1) is 5.82 Å². The molecule has 3 aromatic rings. The first kappa shape index (κ1) is 27.7. The van der Waals surface area contributed by atoms with Crippen molar-refractivity contribution in [1.82, 2.24) is 14.7 Å². The van der Waals surface area contributed by atoms with Crippen LogP contribution in [0.1, 0.15) is 11.1 Å². The van der Waals surface area contributed by atoms with Crippen LogP contribution in [0.4, 0.5) is 4.39 Å². The third-order valence-electron chi connectivity index (χ3n) is 6.14. The molecule has 0 spiro atoms. The van der Waals surface area contributed by atoms with Crippen molar-refractivity contribution >= 4 is 45.4 Å². The van der Waals surface area contributed by atoms with Gasteiger partial charge in [0, 0.05) is 48.2 Å². The molecule has 0 unspecified atom stereocenters. The molecule has 7 nitrogen and oxygen atoms in total. The van der Waals surface area contributed by atoms with E-state index in [-0.39, 0.29) is 25.5 Å². The molecular formula is C28H27BrFN3O4S. The maximum atomic E-state index is 14.1. The van der Waals surface area contributed by atoms with Crippen LogP contribution in [-0.2, 0) is 27.5 Å². The summed E-state index contributed by atoms with van der Waals surface area (Å²) in [7, 11) is 1.47. The predicted octanol–water partition coefficient (Wildman–Crippen LogP) is 4.93. The number of thioether (sulfide) groups is 1. The van der Waals surface area contributed by atoms with Crippen LogP contribution in [0.25, 0.3) is 0 Å². The number of halogens is 2. The largest absolute Gasteiger partial charge is 0.457 e. The van der Waals surface area contributed by atoms with E-state index in [9.17, 15) is 18.8 Å². The Bertz CT molecular complexity index is 1320. The van der Waals surface area contributed by atoms with Crippen LogP contribution < -0.4 is 4.74 Å². The van der Waals surface area contributed by atoms with Crippen molar-refractivity contribution in [3.63, 3.8) is 0 Å². The smallest absolute Gasteiger partial charge is 0.312 e. The van der Waals surface area contributed by atoms with E-state index in [1.807, 2.05) is 54.8 Å². The normalized spacial score (nSPS) is 13.4. The van der Waals surface area contributed by atoms with Gasteiger partial charge >= 0.3 is 11.8 Å². The summed E-state index contributed by atoms with van der Waals surface area (Å²) in [4.78, 5) is 43.8. The zero-order valence-electron chi connectivity index (χ0n) is 21.0. The molecule has 0 N–H and O–H groups in total. The molecule has 38 heavy (non-hydrogen) atoms. The number of rotatable bonds is 7. The lowest BCUT2D eigenvalue weighted by Crippen LogP contribution is -2.55. The second-order valence-electron chi connectivity index (χ2n) is 8.86. The molecule has 0 saturated carbocycles. The number of piperazine rings is 1. The lowest BCUT2D eigenvalue weighted by atomic mass is 10.1. The van der Waals surface area contributed by atoms with Gasteiger partial charge in [0.2, 0.25) is 5.91 Å². The average molecular weight is 601 g/mol. The van der Waals surface area contributed by atoms with E-state index in [1.165, 1.54) is 35.0 Å². The maximum Gasteiger partial charge on any atom is 0.312 e. The van der Waals surface area contributed by atoms with E-state index in [0.29, 0.717) is 30.2 Å². The SMILES string of the molecule is CSc1ccc(Oc2ccc(F)cc2CN(C)C(=O)C(=O)N2CCN(Cc3ccc(Br)cc3)C(=O)C2)cc1. The van der Waals surface area contributed by atoms with Gasteiger partial charge in [-0.15, -0.1) is 11.8 Å². The number of amides is 3. The second kappa shape index (κ2) is 12.4.